The highest BCUT2D eigenvalue weighted by Crippen LogP contribution is 2.42. The topological polar surface area (TPSA) is 54.0 Å². The number of carbonyl (C=O) groups excluding carboxylic acids is 1. The molecule has 0 unspecified atom stereocenters. The summed E-state index contributed by atoms with van der Waals surface area (Å²) in [6, 6.07) is 0. The molecule has 0 aromatic rings. The number of carbonyl (C=O) groups is 1. The fraction of sp³-hybridized carbons (Fsp3) is 0.806. The zero-order valence-electron chi connectivity index (χ0n) is 33.4. The van der Waals surface area contributed by atoms with Crippen molar-refractivity contribution in [1.82, 2.24) is 0 Å². The van der Waals surface area contributed by atoms with Crippen molar-refractivity contribution in [2.45, 2.75) is 181 Å². The molecule has 0 saturated carbocycles. The molecule has 5 nitrogen and oxygen atoms in total. The highest BCUT2D eigenvalue weighted by atomic mass is 28.4. The van der Waals surface area contributed by atoms with E-state index in [1.807, 2.05) is 25.2 Å². The molecule has 0 radical (unpaired) electrons. The minimum atomic E-state index is -2.26. The molecule has 3 atom stereocenters. The highest BCUT2D eigenvalue weighted by Gasteiger charge is 2.44. The Morgan fingerprint density at radius 3 is 1.27 bits per heavy atom. The van der Waals surface area contributed by atoms with E-state index in [0.717, 1.165) is 0 Å². The van der Waals surface area contributed by atoms with E-state index in [1.54, 1.807) is 6.08 Å². The van der Waals surface area contributed by atoms with Gasteiger partial charge in [-0.05, 0) is 85.5 Å². The van der Waals surface area contributed by atoms with Gasteiger partial charge in [-0.3, -0.25) is 4.79 Å². The molecule has 0 aromatic carbocycles. The van der Waals surface area contributed by atoms with Crippen molar-refractivity contribution in [2.75, 3.05) is 6.61 Å². The zero-order chi connectivity index (χ0) is 36.1. The molecule has 0 rings (SSSR count). The first-order chi connectivity index (χ1) is 19.7. The SMILES string of the molecule is C/C=C/[C@@H](O[Si](C)(C)C(C)(C)C)C(=O)/C=C/[C@H](O[Si](C)(C)C(C)(C)C)[C@H](/C=C/CO[Si](C)(C)C(C)(C)C)O[Si](C)(C)C(C)(C)C. The van der Waals surface area contributed by atoms with Crippen LogP contribution >= 0.6 is 0 Å². The summed E-state index contributed by atoms with van der Waals surface area (Å²) in [5.74, 6) is -0.0712. The van der Waals surface area contributed by atoms with E-state index in [0.29, 0.717) is 6.61 Å². The monoisotopic (exact) mass is 698 g/mol. The number of rotatable bonds is 15. The maximum atomic E-state index is 13.8. The Morgan fingerprint density at radius 1 is 0.556 bits per heavy atom. The van der Waals surface area contributed by atoms with Gasteiger partial charge in [0, 0.05) is 0 Å². The van der Waals surface area contributed by atoms with Crippen molar-refractivity contribution in [3.63, 3.8) is 0 Å². The summed E-state index contributed by atoms with van der Waals surface area (Å²) in [6.07, 6.45) is 10.2. The van der Waals surface area contributed by atoms with Gasteiger partial charge in [-0.25, -0.2) is 0 Å². The molecule has 0 heterocycles. The first-order valence-electron chi connectivity index (χ1n) is 16.9. The highest BCUT2D eigenvalue weighted by molar-refractivity contribution is 6.75. The summed E-state index contributed by atoms with van der Waals surface area (Å²) in [5, 5.41) is 0.111. The van der Waals surface area contributed by atoms with E-state index >= 15 is 0 Å². The summed E-state index contributed by atoms with van der Waals surface area (Å²) < 4.78 is 27.3. The first-order valence-corrected chi connectivity index (χ1v) is 28.5. The van der Waals surface area contributed by atoms with Crippen LogP contribution in [0.15, 0.2) is 36.5 Å². The lowest BCUT2D eigenvalue weighted by atomic mass is 10.1. The molecule has 264 valence electrons. The third-order valence-corrected chi connectivity index (χ3v) is 28.7. The summed E-state index contributed by atoms with van der Waals surface area (Å²) in [7, 11) is -8.57. The van der Waals surface area contributed by atoms with E-state index in [2.05, 4.69) is 148 Å². The lowest BCUT2D eigenvalue weighted by Crippen LogP contribution is -2.51. The van der Waals surface area contributed by atoms with Crippen LogP contribution < -0.4 is 0 Å². The molecule has 0 saturated heterocycles. The van der Waals surface area contributed by atoms with Gasteiger partial charge in [0.1, 0.15) is 6.10 Å². The van der Waals surface area contributed by atoms with Crippen LogP contribution in [-0.2, 0) is 22.5 Å². The zero-order valence-corrected chi connectivity index (χ0v) is 37.4. The smallest absolute Gasteiger partial charge is 0.193 e. The van der Waals surface area contributed by atoms with Crippen LogP contribution in [-0.4, -0.2) is 64.0 Å². The van der Waals surface area contributed by atoms with Crippen LogP contribution in [0.3, 0.4) is 0 Å². The Balaban J connectivity index is 6.87. The largest absolute Gasteiger partial charge is 0.413 e. The predicted molar refractivity (Wildman–Crippen MR) is 207 cm³/mol. The van der Waals surface area contributed by atoms with Gasteiger partial charge in [0.15, 0.2) is 39.1 Å². The van der Waals surface area contributed by atoms with Crippen molar-refractivity contribution in [3.8, 4) is 0 Å². The minimum absolute atomic E-state index is 0.00576. The Hall–Kier alpha value is -0.402. The average Bonchev–Trinajstić information content (AvgIpc) is 2.80. The summed E-state index contributed by atoms with van der Waals surface area (Å²) >= 11 is 0. The minimum Gasteiger partial charge on any atom is -0.413 e. The number of hydrogen-bond acceptors (Lipinski definition) is 5. The van der Waals surface area contributed by atoms with Crippen LogP contribution in [0.25, 0.3) is 0 Å². The van der Waals surface area contributed by atoms with Gasteiger partial charge in [0.25, 0.3) is 0 Å². The molecule has 0 fully saturated rings. The Labute approximate surface area is 284 Å². The van der Waals surface area contributed by atoms with Crippen LogP contribution in [0.4, 0.5) is 0 Å². The van der Waals surface area contributed by atoms with E-state index in [9.17, 15) is 4.79 Å². The first kappa shape index (κ1) is 44.6. The third kappa shape index (κ3) is 13.6. The third-order valence-electron chi connectivity index (χ3n) is 10.8. The van der Waals surface area contributed by atoms with Crippen LogP contribution in [0.5, 0.6) is 0 Å². The standard InChI is InChI=1S/C36H74O5Si4/c1-22-24-30(39-43(16,17)34(5,6)7)29(37)26-27-32(41-45(20,21)36(11,12)13)31(40-44(18,19)35(8,9)10)25-23-28-38-42(14,15)33(2,3)4/h22-27,30-32H,28H2,1-21H3/b24-22+,25-23+,27-26+/t30-,31+,32+/m1/s1. The van der Waals surface area contributed by atoms with Gasteiger partial charge in [-0.1, -0.05) is 113 Å². The Bertz CT molecular complexity index is 1030. The van der Waals surface area contributed by atoms with E-state index < -0.39 is 45.5 Å². The van der Waals surface area contributed by atoms with Crippen molar-refractivity contribution in [1.29, 1.82) is 0 Å². The fourth-order valence-corrected chi connectivity index (χ4v) is 7.90. The van der Waals surface area contributed by atoms with E-state index in [1.165, 1.54) is 0 Å². The average molecular weight is 699 g/mol. The van der Waals surface area contributed by atoms with Gasteiger partial charge in [-0.2, -0.15) is 0 Å². The second-order valence-electron chi connectivity index (χ2n) is 18.8. The molecule has 0 aliphatic rings. The van der Waals surface area contributed by atoms with Crippen molar-refractivity contribution in [2.24, 2.45) is 0 Å². The van der Waals surface area contributed by atoms with Crippen LogP contribution in [0.2, 0.25) is 72.5 Å². The van der Waals surface area contributed by atoms with Crippen molar-refractivity contribution in [3.05, 3.63) is 36.5 Å². The molecule has 0 N–H and O–H groups in total. The molecule has 0 aliphatic heterocycles. The summed E-state index contributed by atoms with van der Waals surface area (Å²) in [4.78, 5) is 13.8. The molecular weight excluding hydrogens is 625 g/mol. The molecule has 0 bridgehead atoms. The van der Waals surface area contributed by atoms with Crippen LogP contribution in [0.1, 0.15) is 90.0 Å². The normalized spacial score (nSPS) is 17.4. The van der Waals surface area contributed by atoms with Gasteiger partial charge in [0.05, 0.1) is 18.8 Å². The molecular formula is C36H74O5Si4. The maximum Gasteiger partial charge on any atom is 0.193 e. The molecule has 0 aliphatic carbocycles. The second-order valence-corrected chi connectivity index (χ2v) is 37.8. The summed E-state index contributed by atoms with van der Waals surface area (Å²) in [5.41, 5.74) is 0. The lowest BCUT2D eigenvalue weighted by Gasteiger charge is -2.44. The van der Waals surface area contributed by atoms with E-state index in [-0.39, 0.29) is 32.0 Å². The number of allylic oxidation sites excluding steroid dienone is 1. The van der Waals surface area contributed by atoms with Gasteiger partial charge in [0.2, 0.25) is 0 Å². The predicted octanol–water partition coefficient (Wildman–Crippen LogP) is 11.4. The van der Waals surface area contributed by atoms with Crippen molar-refractivity contribution < 1.29 is 22.5 Å². The second kappa shape index (κ2) is 15.9. The van der Waals surface area contributed by atoms with E-state index in [4.69, 9.17) is 17.7 Å². The Kier molecular flexibility index (Phi) is 15.7. The molecule has 0 aromatic heterocycles. The lowest BCUT2D eigenvalue weighted by molar-refractivity contribution is -0.119. The molecule has 9 heteroatoms. The van der Waals surface area contributed by atoms with Gasteiger partial charge >= 0.3 is 0 Å². The molecule has 0 spiro atoms. The number of ketones is 1. The van der Waals surface area contributed by atoms with Gasteiger partial charge in [-0.15, -0.1) is 0 Å². The van der Waals surface area contributed by atoms with Crippen LogP contribution in [0, 0.1) is 0 Å². The molecule has 45 heavy (non-hydrogen) atoms. The quantitative estimate of drug-likeness (QED) is 0.0968. The molecule has 0 amide bonds. The maximum absolute atomic E-state index is 13.8. The van der Waals surface area contributed by atoms with Crippen molar-refractivity contribution >= 4 is 39.1 Å². The number of hydrogen-bond donors (Lipinski definition) is 0. The summed E-state index contributed by atoms with van der Waals surface area (Å²) in [6.45, 7) is 47.3. The van der Waals surface area contributed by atoms with Gasteiger partial charge < -0.3 is 17.7 Å². The Morgan fingerprint density at radius 2 is 0.911 bits per heavy atom. The fourth-order valence-electron chi connectivity index (χ4n) is 3.27.